The van der Waals surface area contributed by atoms with E-state index in [4.69, 9.17) is 30.5 Å². The second-order valence-corrected chi connectivity index (χ2v) is 9.10. The summed E-state index contributed by atoms with van der Waals surface area (Å²) in [6.07, 6.45) is 0. The predicted octanol–water partition coefficient (Wildman–Crippen LogP) is 4.41. The molecule has 174 valence electrons. The first-order valence-corrected chi connectivity index (χ1v) is 11.4. The van der Waals surface area contributed by atoms with Crippen LogP contribution >= 0.6 is 11.6 Å². The SMILES string of the molecule is COc1ccc(OC(=O)c2cccc(S(=O)(=O)N(C)c3cc(Cl)c(OC)cc3OC)c2)cc1. The summed E-state index contributed by atoms with van der Waals surface area (Å²) < 4.78 is 48.5. The zero-order valence-corrected chi connectivity index (χ0v) is 19.9. The van der Waals surface area contributed by atoms with Crippen molar-refractivity contribution in [2.24, 2.45) is 0 Å². The standard InChI is InChI=1S/C23H22ClNO7S/c1-25(20-13-19(24)21(30-3)14-22(20)31-4)33(27,28)18-7-5-6-15(12-18)23(26)32-17-10-8-16(29-2)9-11-17/h5-14H,1-4H3. The van der Waals surface area contributed by atoms with E-state index in [-0.39, 0.29) is 26.9 Å². The predicted molar refractivity (Wildman–Crippen MR) is 125 cm³/mol. The highest BCUT2D eigenvalue weighted by atomic mass is 35.5. The first kappa shape index (κ1) is 24.2. The van der Waals surface area contributed by atoms with Gasteiger partial charge in [0.25, 0.3) is 10.0 Å². The quantitative estimate of drug-likeness (QED) is 0.340. The summed E-state index contributed by atoms with van der Waals surface area (Å²) in [6, 6.07) is 14.9. The fourth-order valence-corrected chi connectivity index (χ4v) is 4.45. The lowest BCUT2D eigenvalue weighted by Crippen LogP contribution is -2.27. The molecule has 0 spiro atoms. The summed E-state index contributed by atoms with van der Waals surface area (Å²) in [4.78, 5) is 12.5. The van der Waals surface area contributed by atoms with Gasteiger partial charge in [-0.1, -0.05) is 17.7 Å². The molecule has 0 fully saturated rings. The number of hydrogen-bond donors (Lipinski definition) is 0. The molecule has 0 saturated heterocycles. The molecule has 0 saturated carbocycles. The highest BCUT2D eigenvalue weighted by Crippen LogP contribution is 2.39. The first-order valence-electron chi connectivity index (χ1n) is 9.58. The monoisotopic (exact) mass is 491 g/mol. The summed E-state index contributed by atoms with van der Waals surface area (Å²) in [6.45, 7) is 0. The lowest BCUT2D eigenvalue weighted by molar-refractivity contribution is 0.0734. The Morgan fingerprint density at radius 3 is 2.09 bits per heavy atom. The van der Waals surface area contributed by atoms with E-state index in [0.29, 0.717) is 17.2 Å². The van der Waals surface area contributed by atoms with E-state index in [1.54, 1.807) is 24.3 Å². The van der Waals surface area contributed by atoms with Gasteiger partial charge in [0.2, 0.25) is 0 Å². The molecule has 0 bridgehead atoms. The Balaban J connectivity index is 1.90. The zero-order chi connectivity index (χ0) is 24.2. The maximum atomic E-state index is 13.3. The summed E-state index contributed by atoms with van der Waals surface area (Å²) in [5.41, 5.74) is 0.273. The number of rotatable bonds is 8. The summed E-state index contributed by atoms with van der Waals surface area (Å²) in [5.74, 6) is 0.789. The van der Waals surface area contributed by atoms with Crippen molar-refractivity contribution in [2.45, 2.75) is 4.90 Å². The van der Waals surface area contributed by atoms with Gasteiger partial charge in [-0.2, -0.15) is 0 Å². The van der Waals surface area contributed by atoms with Gasteiger partial charge in [0.05, 0.1) is 42.5 Å². The molecule has 0 unspecified atom stereocenters. The van der Waals surface area contributed by atoms with Crippen molar-refractivity contribution in [3.63, 3.8) is 0 Å². The molecule has 0 atom stereocenters. The van der Waals surface area contributed by atoms with Gasteiger partial charge >= 0.3 is 5.97 Å². The fourth-order valence-electron chi connectivity index (χ4n) is 2.97. The summed E-state index contributed by atoms with van der Waals surface area (Å²) in [7, 11) is 1.66. The van der Waals surface area contributed by atoms with Crippen LogP contribution in [0.5, 0.6) is 23.0 Å². The number of anilines is 1. The van der Waals surface area contributed by atoms with Crippen molar-refractivity contribution in [1.82, 2.24) is 0 Å². The van der Waals surface area contributed by atoms with E-state index in [9.17, 15) is 13.2 Å². The zero-order valence-electron chi connectivity index (χ0n) is 18.4. The third kappa shape index (κ3) is 5.15. The molecule has 3 aromatic rings. The number of carbonyl (C=O) groups is 1. The van der Waals surface area contributed by atoms with Crippen molar-refractivity contribution in [1.29, 1.82) is 0 Å². The maximum absolute atomic E-state index is 13.3. The maximum Gasteiger partial charge on any atom is 0.343 e. The highest BCUT2D eigenvalue weighted by molar-refractivity contribution is 7.92. The molecule has 0 aliphatic carbocycles. The number of nitrogens with zero attached hydrogens (tertiary/aromatic N) is 1. The number of esters is 1. The number of methoxy groups -OCH3 is 3. The number of ether oxygens (including phenoxy) is 4. The van der Waals surface area contributed by atoms with Crippen molar-refractivity contribution < 1.29 is 32.2 Å². The fraction of sp³-hybridized carbons (Fsp3) is 0.174. The van der Waals surface area contributed by atoms with Crippen LogP contribution < -0.4 is 23.3 Å². The molecule has 0 amide bonds. The Labute approximate surface area is 197 Å². The molecule has 0 aliphatic rings. The van der Waals surface area contributed by atoms with Gasteiger partial charge in [0.1, 0.15) is 23.0 Å². The minimum absolute atomic E-state index is 0.0695. The molecule has 0 radical (unpaired) electrons. The normalized spacial score (nSPS) is 10.9. The van der Waals surface area contributed by atoms with Crippen LogP contribution in [0.1, 0.15) is 10.4 Å². The average molecular weight is 492 g/mol. The molecule has 3 aromatic carbocycles. The van der Waals surface area contributed by atoms with Crippen LogP contribution in [0, 0.1) is 0 Å². The van der Waals surface area contributed by atoms with Crippen molar-refractivity contribution >= 4 is 33.3 Å². The van der Waals surface area contributed by atoms with Crippen LogP contribution in [0.4, 0.5) is 5.69 Å². The lowest BCUT2D eigenvalue weighted by atomic mass is 10.2. The van der Waals surface area contributed by atoms with Gasteiger partial charge in [-0.3, -0.25) is 4.31 Å². The topological polar surface area (TPSA) is 91.4 Å². The van der Waals surface area contributed by atoms with Crippen LogP contribution in [-0.4, -0.2) is 42.8 Å². The minimum atomic E-state index is -4.07. The van der Waals surface area contributed by atoms with Crippen LogP contribution in [0.25, 0.3) is 0 Å². The van der Waals surface area contributed by atoms with Gasteiger partial charge in [-0.15, -0.1) is 0 Å². The second kappa shape index (κ2) is 10.0. The molecule has 0 N–H and O–H groups in total. The largest absolute Gasteiger partial charge is 0.497 e. The van der Waals surface area contributed by atoms with Gasteiger partial charge in [-0.25, -0.2) is 13.2 Å². The first-order chi connectivity index (χ1) is 15.7. The van der Waals surface area contributed by atoms with Gasteiger partial charge in [0.15, 0.2) is 0 Å². The third-order valence-corrected chi connectivity index (χ3v) is 6.85. The second-order valence-electron chi connectivity index (χ2n) is 6.72. The van der Waals surface area contributed by atoms with E-state index in [1.165, 1.54) is 64.8 Å². The van der Waals surface area contributed by atoms with Crippen LogP contribution in [0.3, 0.4) is 0 Å². The number of carbonyl (C=O) groups excluding carboxylic acids is 1. The molecule has 3 rings (SSSR count). The Morgan fingerprint density at radius 1 is 0.848 bits per heavy atom. The van der Waals surface area contributed by atoms with Crippen molar-refractivity contribution in [2.75, 3.05) is 32.7 Å². The van der Waals surface area contributed by atoms with E-state index in [1.807, 2.05) is 0 Å². The Bertz CT molecular complexity index is 1260. The lowest BCUT2D eigenvalue weighted by Gasteiger charge is -2.23. The molecule has 0 aliphatic heterocycles. The van der Waals surface area contributed by atoms with Crippen molar-refractivity contribution in [3.8, 4) is 23.0 Å². The average Bonchev–Trinajstić information content (AvgIpc) is 2.83. The van der Waals surface area contributed by atoms with Gasteiger partial charge in [0, 0.05) is 13.1 Å². The van der Waals surface area contributed by atoms with Gasteiger partial charge in [-0.05, 0) is 48.5 Å². The number of sulfonamides is 1. The van der Waals surface area contributed by atoms with Crippen LogP contribution in [0.15, 0.2) is 65.6 Å². The Hall–Kier alpha value is -3.43. The van der Waals surface area contributed by atoms with E-state index >= 15 is 0 Å². The third-order valence-electron chi connectivity index (χ3n) is 4.79. The minimum Gasteiger partial charge on any atom is -0.497 e. The number of hydrogen-bond acceptors (Lipinski definition) is 7. The van der Waals surface area contributed by atoms with Crippen molar-refractivity contribution in [3.05, 3.63) is 71.2 Å². The smallest absolute Gasteiger partial charge is 0.343 e. The highest BCUT2D eigenvalue weighted by Gasteiger charge is 2.26. The van der Waals surface area contributed by atoms with E-state index < -0.39 is 16.0 Å². The summed E-state index contributed by atoms with van der Waals surface area (Å²) >= 11 is 6.19. The molecule has 10 heteroatoms. The van der Waals surface area contributed by atoms with Crippen LogP contribution in [-0.2, 0) is 10.0 Å². The van der Waals surface area contributed by atoms with E-state index in [2.05, 4.69) is 0 Å². The molecule has 33 heavy (non-hydrogen) atoms. The molecule has 0 aromatic heterocycles. The Morgan fingerprint density at radius 2 is 1.48 bits per heavy atom. The molecular formula is C23H22ClNO7S. The number of benzene rings is 3. The Kier molecular flexibility index (Phi) is 7.35. The number of halogens is 1. The molecular weight excluding hydrogens is 470 g/mol. The van der Waals surface area contributed by atoms with Gasteiger partial charge < -0.3 is 18.9 Å². The summed E-state index contributed by atoms with van der Waals surface area (Å²) in [5, 5.41) is 0.215. The van der Waals surface area contributed by atoms with Crippen LogP contribution in [0.2, 0.25) is 5.02 Å². The molecule has 0 heterocycles. The molecule has 8 nitrogen and oxygen atoms in total. The van der Waals surface area contributed by atoms with E-state index in [0.717, 1.165) is 4.31 Å².